The Morgan fingerprint density at radius 2 is 1.51 bits per heavy atom. The maximum atomic E-state index is 6.75. The average molecular weight is 477 g/mol. The van der Waals surface area contributed by atoms with Crippen LogP contribution in [0, 0.1) is 50.7 Å². The Morgan fingerprint density at radius 3 is 2.31 bits per heavy atom. The van der Waals surface area contributed by atoms with Crippen molar-refractivity contribution in [1.29, 1.82) is 0 Å². The lowest BCUT2D eigenvalue weighted by Gasteiger charge is -2.72. The third-order valence-electron chi connectivity index (χ3n) is 14.2. The molecule has 7 rings (SSSR count). The van der Waals surface area contributed by atoms with Gasteiger partial charge in [-0.15, -0.1) is 0 Å². The normalized spacial score (nSPS) is 52.9. The van der Waals surface area contributed by atoms with Gasteiger partial charge in [0.15, 0.2) is 0 Å². The third kappa shape index (κ3) is 2.58. The summed E-state index contributed by atoms with van der Waals surface area (Å²) in [6, 6.07) is 0. The molecule has 1 aromatic heterocycles. The Labute approximate surface area is 213 Å². The largest absolute Gasteiger partial charge is 0.377 e. The topological polar surface area (TPSA) is 35.0 Å². The molecule has 4 saturated carbocycles. The molecule has 0 unspecified atom stereocenters. The quantitative estimate of drug-likeness (QED) is 0.392. The Bertz CT molecular complexity index is 1060. The van der Waals surface area contributed by atoms with Crippen molar-refractivity contribution in [3.05, 3.63) is 23.8 Å². The van der Waals surface area contributed by atoms with Gasteiger partial charge in [-0.25, -0.2) is 0 Å². The number of nitrogens with zero attached hydrogens (tertiary/aromatic N) is 2. The molecule has 192 valence electrons. The van der Waals surface area contributed by atoms with Crippen molar-refractivity contribution in [1.82, 2.24) is 9.97 Å². The molecule has 9 atom stereocenters. The van der Waals surface area contributed by atoms with Crippen molar-refractivity contribution in [3.63, 3.8) is 0 Å². The molecule has 1 aromatic rings. The molecule has 1 aliphatic heterocycles. The summed E-state index contributed by atoms with van der Waals surface area (Å²) in [5.41, 5.74) is 4.62. The molecular formula is C32H48N2O. The smallest absolute Gasteiger partial charge is 0.0678 e. The van der Waals surface area contributed by atoms with Crippen molar-refractivity contribution in [2.45, 2.75) is 118 Å². The molecule has 0 radical (unpaired) electrons. The number of ether oxygens (including phenoxy) is 1. The molecule has 2 bridgehead atoms. The summed E-state index contributed by atoms with van der Waals surface area (Å²) in [6.07, 6.45) is 16.6. The van der Waals surface area contributed by atoms with E-state index in [1.165, 1.54) is 62.8 Å². The lowest BCUT2D eigenvalue weighted by Crippen LogP contribution is -2.67. The van der Waals surface area contributed by atoms with E-state index < -0.39 is 0 Å². The summed E-state index contributed by atoms with van der Waals surface area (Å²) >= 11 is 0. The first-order valence-corrected chi connectivity index (χ1v) is 14.8. The van der Waals surface area contributed by atoms with Crippen LogP contribution in [0.25, 0.3) is 0 Å². The van der Waals surface area contributed by atoms with Crippen LogP contribution in [-0.2, 0) is 16.6 Å². The highest BCUT2D eigenvalue weighted by atomic mass is 16.5. The van der Waals surface area contributed by atoms with Crippen LogP contribution < -0.4 is 0 Å². The third-order valence-corrected chi connectivity index (χ3v) is 14.2. The molecule has 5 fully saturated rings. The number of aromatic nitrogens is 2. The van der Waals surface area contributed by atoms with Crippen LogP contribution in [0.3, 0.4) is 0 Å². The van der Waals surface area contributed by atoms with Crippen LogP contribution >= 0.6 is 0 Å². The predicted molar refractivity (Wildman–Crippen MR) is 140 cm³/mol. The second-order valence-corrected chi connectivity index (χ2v) is 16.0. The Morgan fingerprint density at radius 1 is 0.771 bits per heavy atom. The van der Waals surface area contributed by atoms with Crippen LogP contribution in [0.2, 0.25) is 0 Å². The van der Waals surface area contributed by atoms with Crippen LogP contribution in [0.4, 0.5) is 0 Å². The van der Waals surface area contributed by atoms with Crippen LogP contribution in [0.15, 0.2) is 12.4 Å². The molecule has 1 saturated heterocycles. The molecule has 0 aromatic carbocycles. The second kappa shape index (κ2) is 6.72. The van der Waals surface area contributed by atoms with Gasteiger partial charge in [0.05, 0.1) is 24.1 Å². The highest BCUT2D eigenvalue weighted by Crippen LogP contribution is 2.77. The SMILES string of the molecule is CC1(C)CC[C@@]23CC[C@]4(C)[C@H](CC[C@@H]5[C@]6(C)Cc7nccnc7C(C)(C)[C@@H]6CC[C@@]54C)[C@@H]2[C@H]1OC3. The van der Waals surface area contributed by atoms with E-state index in [-0.39, 0.29) is 5.41 Å². The van der Waals surface area contributed by atoms with Crippen LogP contribution in [0.5, 0.6) is 0 Å². The molecule has 0 amide bonds. The highest BCUT2D eigenvalue weighted by Gasteiger charge is 2.72. The first-order chi connectivity index (χ1) is 16.4. The van der Waals surface area contributed by atoms with Crippen molar-refractivity contribution in [2.75, 3.05) is 6.61 Å². The van der Waals surface area contributed by atoms with Gasteiger partial charge >= 0.3 is 0 Å². The van der Waals surface area contributed by atoms with E-state index in [2.05, 4.69) is 48.5 Å². The number of rotatable bonds is 0. The van der Waals surface area contributed by atoms with Gasteiger partial charge in [-0.3, -0.25) is 9.97 Å². The lowest BCUT2D eigenvalue weighted by atomic mass is 9.31. The van der Waals surface area contributed by atoms with E-state index in [4.69, 9.17) is 14.7 Å². The van der Waals surface area contributed by atoms with Crippen molar-refractivity contribution >= 4 is 0 Å². The minimum Gasteiger partial charge on any atom is -0.377 e. The standard InChI is InChI=1S/C32H48N2O/c1-27(2)12-14-32-15-13-30(6)20(24(32)26(27)35-19-32)8-9-23-29(5)18-21-25(34-17-16-33-21)28(3,4)22(29)10-11-31(23,30)7/h16-17,20,22-24,26H,8-15,18-19H2,1-7H3/t20-,22+,23-,24-,26-,29-,30-,31+,32+/m1/s1. The Balaban J connectivity index is 1.31. The number of hydrogen-bond donors (Lipinski definition) is 0. The fourth-order valence-electron chi connectivity index (χ4n) is 12.3. The maximum absolute atomic E-state index is 6.75. The molecule has 35 heavy (non-hydrogen) atoms. The van der Waals surface area contributed by atoms with E-state index in [0.29, 0.717) is 39.1 Å². The monoisotopic (exact) mass is 476 g/mol. The minimum atomic E-state index is 0.104. The molecule has 5 aliphatic carbocycles. The van der Waals surface area contributed by atoms with Gasteiger partial charge in [0.2, 0.25) is 0 Å². The van der Waals surface area contributed by atoms with E-state index in [9.17, 15) is 0 Å². The van der Waals surface area contributed by atoms with E-state index in [0.717, 1.165) is 30.8 Å². The summed E-state index contributed by atoms with van der Waals surface area (Å²) in [6.45, 7) is 19.2. The molecule has 0 N–H and O–H groups in total. The maximum Gasteiger partial charge on any atom is 0.0678 e. The highest BCUT2D eigenvalue weighted by molar-refractivity contribution is 5.32. The van der Waals surface area contributed by atoms with Gasteiger partial charge < -0.3 is 4.74 Å². The van der Waals surface area contributed by atoms with Gasteiger partial charge in [0, 0.05) is 17.8 Å². The predicted octanol–water partition coefficient (Wildman–Crippen LogP) is 7.38. The summed E-state index contributed by atoms with van der Waals surface area (Å²) in [5, 5.41) is 0. The van der Waals surface area contributed by atoms with Crippen molar-refractivity contribution < 1.29 is 4.74 Å². The van der Waals surface area contributed by atoms with E-state index in [1.54, 1.807) is 0 Å². The van der Waals surface area contributed by atoms with Crippen molar-refractivity contribution in [3.8, 4) is 0 Å². The van der Waals surface area contributed by atoms with Gasteiger partial charge in [-0.05, 0) is 109 Å². The Hall–Kier alpha value is -0.960. The average Bonchev–Trinajstić information content (AvgIpc) is 3.13. The summed E-state index contributed by atoms with van der Waals surface area (Å²) in [5.74, 6) is 3.07. The van der Waals surface area contributed by atoms with E-state index in [1.807, 2.05) is 12.4 Å². The first-order valence-electron chi connectivity index (χ1n) is 14.8. The zero-order valence-electron chi connectivity index (χ0n) is 23.4. The summed E-state index contributed by atoms with van der Waals surface area (Å²) in [7, 11) is 0. The van der Waals surface area contributed by atoms with Crippen LogP contribution in [0.1, 0.15) is 111 Å². The number of hydrogen-bond acceptors (Lipinski definition) is 3. The molecule has 0 spiro atoms. The minimum absolute atomic E-state index is 0.104. The van der Waals surface area contributed by atoms with Gasteiger partial charge in [0.25, 0.3) is 0 Å². The van der Waals surface area contributed by atoms with Gasteiger partial charge in [-0.1, -0.05) is 48.5 Å². The second-order valence-electron chi connectivity index (χ2n) is 16.0. The van der Waals surface area contributed by atoms with Gasteiger partial charge in [0.1, 0.15) is 0 Å². The summed E-state index contributed by atoms with van der Waals surface area (Å²) in [4.78, 5) is 9.83. The molecule has 3 heteroatoms. The summed E-state index contributed by atoms with van der Waals surface area (Å²) < 4.78 is 6.75. The zero-order valence-corrected chi connectivity index (χ0v) is 23.4. The molecule has 6 aliphatic rings. The fraction of sp³-hybridized carbons (Fsp3) is 0.875. The Kier molecular flexibility index (Phi) is 4.45. The molecule has 3 nitrogen and oxygen atoms in total. The van der Waals surface area contributed by atoms with Gasteiger partial charge in [-0.2, -0.15) is 0 Å². The number of fused-ring (bicyclic) bond motifs is 6. The zero-order chi connectivity index (χ0) is 24.6. The lowest BCUT2D eigenvalue weighted by molar-refractivity contribution is -0.233. The van der Waals surface area contributed by atoms with Crippen molar-refractivity contribution in [2.24, 2.45) is 50.7 Å². The van der Waals surface area contributed by atoms with E-state index >= 15 is 0 Å². The molecular weight excluding hydrogens is 428 g/mol. The van der Waals surface area contributed by atoms with Crippen LogP contribution in [-0.4, -0.2) is 22.7 Å². The first kappa shape index (κ1) is 23.2. The molecule has 2 heterocycles. The fourth-order valence-corrected chi connectivity index (χ4v) is 12.3.